The van der Waals surface area contributed by atoms with Crippen molar-refractivity contribution in [3.63, 3.8) is 0 Å². The average molecular weight is 310 g/mol. The highest BCUT2D eigenvalue weighted by Crippen LogP contribution is 2.28. The molecule has 0 aromatic heterocycles. The van der Waals surface area contributed by atoms with Crippen molar-refractivity contribution in [3.05, 3.63) is 39.9 Å². The molecule has 0 aliphatic rings. The SMILES string of the molecule is CS(=O)(=O)OC(Br)c1cccc([N+](=O)[O-])c1. The molecule has 1 unspecified atom stereocenters. The first-order chi connectivity index (χ1) is 7.29. The van der Waals surface area contributed by atoms with E-state index >= 15 is 0 Å². The highest BCUT2D eigenvalue weighted by Gasteiger charge is 2.16. The summed E-state index contributed by atoms with van der Waals surface area (Å²) < 4.78 is 26.3. The lowest BCUT2D eigenvalue weighted by Gasteiger charge is -2.08. The van der Waals surface area contributed by atoms with Crippen LogP contribution in [0.2, 0.25) is 0 Å². The number of non-ortho nitro benzene ring substituents is 1. The summed E-state index contributed by atoms with van der Waals surface area (Å²) in [6, 6.07) is 5.53. The van der Waals surface area contributed by atoms with Crippen LogP contribution in [0, 0.1) is 10.1 Å². The van der Waals surface area contributed by atoms with E-state index in [-0.39, 0.29) is 5.69 Å². The second kappa shape index (κ2) is 4.89. The Hall–Kier alpha value is -0.990. The van der Waals surface area contributed by atoms with Gasteiger partial charge in [0.1, 0.15) is 0 Å². The molecule has 88 valence electrons. The van der Waals surface area contributed by atoms with Gasteiger partial charge >= 0.3 is 0 Å². The zero-order valence-corrected chi connectivity index (χ0v) is 10.6. The van der Waals surface area contributed by atoms with Crippen LogP contribution in [0.1, 0.15) is 10.6 Å². The lowest BCUT2D eigenvalue weighted by atomic mass is 10.2. The molecular formula is C8H8BrNO5S. The summed E-state index contributed by atoms with van der Waals surface area (Å²) in [6.45, 7) is 0. The summed E-state index contributed by atoms with van der Waals surface area (Å²) in [5.41, 5.74) is 0.235. The van der Waals surface area contributed by atoms with Crippen molar-refractivity contribution >= 4 is 31.7 Å². The topological polar surface area (TPSA) is 86.5 Å². The predicted octanol–water partition coefficient (Wildman–Crippen LogP) is 1.96. The summed E-state index contributed by atoms with van der Waals surface area (Å²) in [5, 5.41) is 9.56. The van der Waals surface area contributed by atoms with Crippen LogP contribution in [0.15, 0.2) is 24.3 Å². The van der Waals surface area contributed by atoms with Crippen molar-refractivity contribution in [1.82, 2.24) is 0 Å². The average Bonchev–Trinajstić information content (AvgIpc) is 2.15. The normalized spacial score (nSPS) is 13.4. The fraction of sp³-hybridized carbons (Fsp3) is 0.250. The van der Waals surface area contributed by atoms with E-state index in [1.54, 1.807) is 0 Å². The minimum absolute atomic E-state index is 0.126. The fourth-order valence-electron chi connectivity index (χ4n) is 0.989. The lowest BCUT2D eigenvalue weighted by Crippen LogP contribution is -2.05. The maximum Gasteiger partial charge on any atom is 0.269 e. The summed E-state index contributed by atoms with van der Waals surface area (Å²) in [4.78, 5) is 9.93. The smallest absolute Gasteiger partial charge is 0.258 e. The number of alkyl halides is 1. The molecule has 0 saturated heterocycles. The van der Waals surface area contributed by atoms with Crippen molar-refractivity contribution < 1.29 is 17.5 Å². The van der Waals surface area contributed by atoms with Gasteiger partial charge in [-0.15, -0.1) is 0 Å². The van der Waals surface area contributed by atoms with Crippen LogP contribution in [0.5, 0.6) is 0 Å². The Morgan fingerprint density at radius 3 is 2.62 bits per heavy atom. The molecule has 1 aromatic carbocycles. The van der Waals surface area contributed by atoms with Crippen LogP contribution >= 0.6 is 15.9 Å². The van der Waals surface area contributed by atoms with Crippen LogP contribution in [-0.2, 0) is 14.3 Å². The van der Waals surface area contributed by atoms with Gasteiger partial charge in [0.25, 0.3) is 15.8 Å². The minimum Gasteiger partial charge on any atom is -0.258 e. The minimum atomic E-state index is -3.62. The number of hydrogen-bond acceptors (Lipinski definition) is 5. The standard InChI is InChI=1S/C8H8BrNO5S/c1-16(13,14)15-8(9)6-3-2-4-7(5-6)10(11)12/h2-5,8H,1H3. The third kappa shape index (κ3) is 3.87. The molecule has 0 amide bonds. The molecule has 6 nitrogen and oxygen atoms in total. The quantitative estimate of drug-likeness (QED) is 0.367. The monoisotopic (exact) mass is 309 g/mol. The van der Waals surface area contributed by atoms with Gasteiger partial charge < -0.3 is 0 Å². The molecule has 0 aliphatic heterocycles. The van der Waals surface area contributed by atoms with Crippen LogP contribution in [0.25, 0.3) is 0 Å². The molecular weight excluding hydrogens is 302 g/mol. The second-order valence-corrected chi connectivity index (χ2v) is 5.40. The molecule has 0 bridgehead atoms. The molecule has 0 fully saturated rings. The van der Waals surface area contributed by atoms with E-state index < -0.39 is 20.1 Å². The first-order valence-electron chi connectivity index (χ1n) is 4.06. The van der Waals surface area contributed by atoms with E-state index in [0.717, 1.165) is 6.26 Å². The molecule has 0 spiro atoms. The Morgan fingerprint density at radius 1 is 1.50 bits per heavy atom. The van der Waals surface area contributed by atoms with Gasteiger partial charge in [0.2, 0.25) is 0 Å². The summed E-state index contributed by atoms with van der Waals surface area (Å²) >= 11 is 2.98. The molecule has 0 N–H and O–H groups in total. The van der Waals surface area contributed by atoms with Crippen LogP contribution in [0.4, 0.5) is 5.69 Å². The third-order valence-corrected chi connectivity index (χ3v) is 3.11. The Balaban J connectivity index is 2.96. The van der Waals surface area contributed by atoms with Crippen LogP contribution in [-0.4, -0.2) is 19.6 Å². The summed E-state index contributed by atoms with van der Waals surface area (Å²) in [6.07, 6.45) is 0.901. The molecule has 1 aromatic rings. The Morgan fingerprint density at radius 2 is 2.12 bits per heavy atom. The van der Waals surface area contributed by atoms with Crippen molar-refractivity contribution in [2.45, 2.75) is 5.01 Å². The summed E-state index contributed by atoms with van der Waals surface area (Å²) in [7, 11) is -3.62. The molecule has 0 saturated carbocycles. The van der Waals surface area contributed by atoms with E-state index in [4.69, 9.17) is 0 Å². The van der Waals surface area contributed by atoms with E-state index in [2.05, 4.69) is 20.1 Å². The van der Waals surface area contributed by atoms with Crippen molar-refractivity contribution in [2.75, 3.05) is 6.26 Å². The van der Waals surface area contributed by atoms with Crippen molar-refractivity contribution in [3.8, 4) is 0 Å². The van der Waals surface area contributed by atoms with Gasteiger partial charge in [-0.2, -0.15) is 8.42 Å². The van der Waals surface area contributed by atoms with Gasteiger partial charge in [-0.1, -0.05) is 28.1 Å². The number of halogens is 1. The summed E-state index contributed by atoms with van der Waals surface area (Å²) in [5.74, 6) is 0. The lowest BCUT2D eigenvalue weighted by molar-refractivity contribution is -0.384. The molecule has 1 atom stereocenters. The van der Waals surface area contributed by atoms with Gasteiger partial charge in [0.15, 0.2) is 5.01 Å². The van der Waals surface area contributed by atoms with E-state index in [1.807, 2.05) is 0 Å². The van der Waals surface area contributed by atoms with Crippen molar-refractivity contribution in [2.24, 2.45) is 0 Å². The number of nitrogens with zero attached hydrogens (tertiary/aromatic N) is 1. The molecule has 0 aliphatic carbocycles. The maximum atomic E-state index is 10.8. The molecule has 0 radical (unpaired) electrons. The zero-order chi connectivity index (χ0) is 12.3. The van der Waals surface area contributed by atoms with E-state index in [0.29, 0.717) is 5.56 Å². The van der Waals surface area contributed by atoms with Gasteiger partial charge in [-0.05, 0) is 5.56 Å². The number of hydrogen-bond donors (Lipinski definition) is 0. The molecule has 16 heavy (non-hydrogen) atoms. The van der Waals surface area contributed by atoms with E-state index in [9.17, 15) is 18.5 Å². The number of rotatable bonds is 4. The van der Waals surface area contributed by atoms with Crippen LogP contribution in [0.3, 0.4) is 0 Å². The van der Waals surface area contributed by atoms with Gasteiger partial charge in [0.05, 0.1) is 11.2 Å². The van der Waals surface area contributed by atoms with Gasteiger partial charge in [-0.25, -0.2) is 0 Å². The Bertz CT molecular complexity index is 501. The number of nitro benzene ring substituents is 1. The Kier molecular flexibility index (Phi) is 4.00. The molecule has 8 heteroatoms. The van der Waals surface area contributed by atoms with Gasteiger partial charge in [-0.3, -0.25) is 14.3 Å². The van der Waals surface area contributed by atoms with Crippen LogP contribution < -0.4 is 0 Å². The number of nitro groups is 1. The Labute approximate surface area is 101 Å². The maximum absolute atomic E-state index is 10.8. The highest BCUT2D eigenvalue weighted by atomic mass is 79.9. The first-order valence-corrected chi connectivity index (χ1v) is 6.79. The predicted molar refractivity (Wildman–Crippen MR) is 60.7 cm³/mol. The molecule has 1 rings (SSSR count). The molecule has 0 heterocycles. The van der Waals surface area contributed by atoms with Crippen molar-refractivity contribution in [1.29, 1.82) is 0 Å². The third-order valence-electron chi connectivity index (χ3n) is 1.60. The first kappa shape index (κ1) is 13.1. The van der Waals surface area contributed by atoms with E-state index in [1.165, 1.54) is 24.3 Å². The fourth-order valence-corrected chi connectivity index (χ4v) is 2.52. The zero-order valence-electron chi connectivity index (χ0n) is 8.16. The number of benzene rings is 1. The largest absolute Gasteiger partial charge is 0.269 e. The highest BCUT2D eigenvalue weighted by molar-refractivity contribution is 9.09. The second-order valence-electron chi connectivity index (χ2n) is 2.97. The van der Waals surface area contributed by atoms with Gasteiger partial charge in [0, 0.05) is 12.1 Å².